The van der Waals surface area contributed by atoms with Crippen molar-refractivity contribution in [3.05, 3.63) is 53.3 Å². The Balaban J connectivity index is 1.50. The van der Waals surface area contributed by atoms with Crippen molar-refractivity contribution in [2.24, 2.45) is 12.0 Å². The number of rotatable bonds is 4. The number of nitrogens with zero attached hydrogens (tertiary/aromatic N) is 4. The van der Waals surface area contributed by atoms with E-state index in [9.17, 15) is 0 Å². The van der Waals surface area contributed by atoms with Crippen LogP contribution in [0.5, 0.6) is 0 Å². The Morgan fingerprint density at radius 2 is 2.12 bits per heavy atom. The highest BCUT2D eigenvalue weighted by Gasteiger charge is 2.26. The summed E-state index contributed by atoms with van der Waals surface area (Å²) in [6, 6.07) is 8.74. The van der Waals surface area contributed by atoms with Gasteiger partial charge in [-0.25, -0.2) is 0 Å². The van der Waals surface area contributed by atoms with Crippen molar-refractivity contribution in [3.63, 3.8) is 0 Å². The van der Waals surface area contributed by atoms with E-state index in [-0.39, 0.29) is 0 Å². The first-order chi connectivity index (χ1) is 11.7. The fourth-order valence-corrected chi connectivity index (χ4v) is 3.28. The van der Waals surface area contributed by atoms with Crippen LogP contribution in [0.3, 0.4) is 0 Å². The van der Waals surface area contributed by atoms with E-state index >= 15 is 0 Å². The summed E-state index contributed by atoms with van der Waals surface area (Å²) in [6.45, 7) is 5.08. The molecule has 5 heteroatoms. The van der Waals surface area contributed by atoms with Crippen molar-refractivity contribution < 1.29 is 0 Å². The lowest BCUT2D eigenvalue weighted by molar-refractivity contribution is 0.486. The van der Waals surface area contributed by atoms with E-state index in [1.165, 1.54) is 16.7 Å². The topological polar surface area (TPSA) is 45.5 Å². The summed E-state index contributed by atoms with van der Waals surface area (Å²) in [7, 11) is 3.84. The van der Waals surface area contributed by atoms with Crippen molar-refractivity contribution in [2.45, 2.75) is 25.7 Å². The molecule has 128 valence electrons. The van der Waals surface area contributed by atoms with E-state index in [2.05, 4.69) is 57.7 Å². The number of hydrogen-bond donors (Lipinski definition) is 1. The first-order valence-electron chi connectivity index (χ1n) is 8.65. The van der Waals surface area contributed by atoms with E-state index < -0.39 is 0 Å². The summed E-state index contributed by atoms with van der Waals surface area (Å²) in [5.74, 6) is 1.56. The van der Waals surface area contributed by atoms with E-state index in [0.717, 1.165) is 38.4 Å². The Kier molecular flexibility index (Phi) is 5.18. The zero-order valence-electron chi connectivity index (χ0n) is 14.9. The largest absolute Gasteiger partial charge is 0.356 e. The van der Waals surface area contributed by atoms with Gasteiger partial charge in [0, 0.05) is 45.8 Å². The van der Waals surface area contributed by atoms with Gasteiger partial charge in [0.15, 0.2) is 5.96 Å². The van der Waals surface area contributed by atoms with Crippen LogP contribution in [0.2, 0.25) is 0 Å². The van der Waals surface area contributed by atoms with Crippen LogP contribution in [-0.2, 0) is 13.5 Å². The molecule has 1 fully saturated rings. The third-order valence-electron chi connectivity index (χ3n) is 4.71. The van der Waals surface area contributed by atoms with Crippen molar-refractivity contribution in [1.29, 1.82) is 0 Å². The van der Waals surface area contributed by atoms with Gasteiger partial charge >= 0.3 is 0 Å². The van der Waals surface area contributed by atoms with E-state index in [4.69, 9.17) is 0 Å². The normalized spacial score (nSPS) is 18.2. The van der Waals surface area contributed by atoms with E-state index in [1.807, 2.05) is 25.0 Å². The summed E-state index contributed by atoms with van der Waals surface area (Å²) < 4.78 is 1.88. The fraction of sp³-hybridized carbons (Fsp3) is 0.474. The molecule has 1 aliphatic rings. The Labute approximate surface area is 144 Å². The van der Waals surface area contributed by atoms with Crippen LogP contribution in [0, 0.1) is 6.92 Å². The highest BCUT2D eigenvalue weighted by molar-refractivity contribution is 5.80. The molecule has 1 atom stereocenters. The second-order valence-corrected chi connectivity index (χ2v) is 6.59. The molecule has 1 aromatic heterocycles. The number of aliphatic imine (C=N–C) groups is 1. The molecule has 0 radical (unpaired) electrons. The first-order valence-corrected chi connectivity index (χ1v) is 8.65. The number of aromatic nitrogens is 2. The molecule has 2 aromatic rings. The lowest BCUT2D eigenvalue weighted by Crippen LogP contribution is -2.40. The van der Waals surface area contributed by atoms with Crippen LogP contribution < -0.4 is 5.32 Å². The average molecular weight is 325 g/mol. The van der Waals surface area contributed by atoms with Gasteiger partial charge in [0.05, 0.1) is 6.20 Å². The van der Waals surface area contributed by atoms with Gasteiger partial charge < -0.3 is 10.2 Å². The highest BCUT2D eigenvalue weighted by Crippen LogP contribution is 2.26. The summed E-state index contributed by atoms with van der Waals surface area (Å²) in [5.41, 5.74) is 3.99. The molecular formula is C19H27N5. The molecule has 24 heavy (non-hydrogen) atoms. The molecule has 0 spiro atoms. The predicted molar refractivity (Wildman–Crippen MR) is 98.4 cm³/mol. The molecule has 0 aliphatic carbocycles. The van der Waals surface area contributed by atoms with Gasteiger partial charge in [-0.2, -0.15) is 5.10 Å². The Bertz CT molecular complexity index is 686. The fourth-order valence-electron chi connectivity index (χ4n) is 3.28. The van der Waals surface area contributed by atoms with Crippen molar-refractivity contribution >= 4 is 5.96 Å². The van der Waals surface area contributed by atoms with Gasteiger partial charge in [0.1, 0.15) is 0 Å². The smallest absolute Gasteiger partial charge is 0.193 e. The lowest BCUT2D eigenvalue weighted by atomic mass is 10.0. The molecule has 1 unspecified atom stereocenters. The summed E-state index contributed by atoms with van der Waals surface area (Å²) in [5, 5.41) is 7.80. The molecule has 1 N–H and O–H groups in total. The zero-order valence-corrected chi connectivity index (χ0v) is 14.9. The highest BCUT2D eigenvalue weighted by atomic mass is 15.3. The van der Waals surface area contributed by atoms with Gasteiger partial charge in [0.2, 0.25) is 0 Å². The zero-order chi connectivity index (χ0) is 16.9. The first kappa shape index (κ1) is 16.6. The summed E-state index contributed by atoms with van der Waals surface area (Å²) in [4.78, 5) is 6.81. The number of guanidine groups is 1. The third-order valence-corrected chi connectivity index (χ3v) is 4.71. The van der Waals surface area contributed by atoms with Crippen molar-refractivity contribution in [1.82, 2.24) is 20.0 Å². The minimum Gasteiger partial charge on any atom is -0.356 e. The number of likely N-dealkylation sites (tertiary alicyclic amines) is 1. The molecule has 1 aromatic carbocycles. The average Bonchev–Trinajstić information content (AvgIpc) is 3.22. The third kappa shape index (κ3) is 3.96. The van der Waals surface area contributed by atoms with Gasteiger partial charge in [0.25, 0.3) is 0 Å². The summed E-state index contributed by atoms with van der Waals surface area (Å²) >= 11 is 0. The van der Waals surface area contributed by atoms with Gasteiger partial charge in [-0.1, -0.05) is 29.8 Å². The second-order valence-electron chi connectivity index (χ2n) is 6.59. The minimum atomic E-state index is 0.550. The molecule has 5 nitrogen and oxygen atoms in total. The van der Waals surface area contributed by atoms with Crippen LogP contribution in [-0.4, -0.2) is 47.3 Å². The Morgan fingerprint density at radius 1 is 1.33 bits per heavy atom. The van der Waals surface area contributed by atoms with Gasteiger partial charge in [-0.15, -0.1) is 0 Å². The summed E-state index contributed by atoms with van der Waals surface area (Å²) in [6.07, 6.45) is 6.28. The monoisotopic (exact) mass is 325 g/mol. The molecule has 0 amide bonds. The molecule has 2 heterocycles. The number of benzene rings is 1. The maximum atomic E-state index is 4.46. The maximum absolute atomic E-state index is 4.46. The molecule has 1 aliphatic heterocycles. The van der Waals surface area contributed by atoms with Crippen LogP contribution in [0.4, 0.5) is 0 Å². The van der Waals surface area contributed by atoms with Crippen molar-refractivity contribution in [2.75, 3.05) is 26.7 Å². The Hall–Kier alpha value is -2.30. The van der Waals surface area contributed by atoms with Gasteiger partial charge in [-0.05, 0) is 30.9 Å². The minimum absolute atomic E-state index is 0.550. The lowest BCUT2D eigenvalue weighted by Gasteiger charge is -2.21. The predicted octanol–water partition coefficient (Wildman–Crippen LogP) is 2.34. The molecule has 0 bridgehead atoms. The van der Waals surface area contributed by atoms with Crippen molar-refractivity contribution in [3.8, 4) is 0 Å². The molecule has 3 rings (SSSR count). The van der Waals surface area contributed by atoms with E-state index in [1.54, 1.807) is 0 Å². The number of hydrogen-bond acceptors (Lipinski definition) is 2. The molecule has 0 saturated carbocycles. The molecular weight excluding hydrogens is 298 g/mol. The maximum Gasteiger partial charge on any atom is 0.193 e. The van der Waals surface area contributed by atoms with Crippen LogP contribution in [0.1, 0.15) is 29.0 Å². The SMILES string of the molecule is CN=C(NCCc1ccc(C)cc1)N1CCC(c2cnn(C)c2)C1. The quantitative estimate of drug-likeness (QED) is 0.693. The van der Waals surface area contributed by atoms with Crippen LogP contribution in [0.25, 0.3) is 0 Å². The number of aryl methyl sites for hydroxylation is 2. The standard InChI is InChI=1S/C19H27N5/c1-15-4-6-16(7-5-15)8-10-21-19(20-2)24-11-9-17(14-24)18-12-22-23(3)13-18/h4-7,12-13,17H,8-11,14H2,1-3H3,(H,20,21). The van der Waals surface area contributed by atoms with Crippen LogP contribution in [0.15, 0.2) is 41.7 Å². The number of nitrogens with one attached hydrogen (secondary N) is 1. The van der Waals surface area contributed by atoms with Crippen LogP contribution >= 0.6 is 0 Å². The second kappa shape index (κ2) is 7.51. The Morgan fingerprint density at radius 3 is 2.79 bits per heavy atom. The van der Waals surface area contributed by atoms with E-state index in [0.29, 0.717) is 5.92 Å². The molecule has 1 saturated heterocycles. The van der Waals surface area contributed by atoms with Gasteiger partial charge in [-0.3, -0.25) is 9.67 Å².